The summed E-state index contributed by atoms with van der Waals surface area (Å²) < 4.78 is 18.8. The minimum absolute atomic E-state index is 0.0107. The molecular formula is C35H36N2O4. The Morgan fingerprint density at radius 3 is 2.24 bits per heavy atom. The van der Waals surface area contributed by atoms with Crippen molar-refractivity contribution in [3.8, 4) is 11.5 Å². The van der Waals surface area contributed by atoms with E-state index in [0.29, 0.717) is 32.7 Å². The molecule has 1 N–H and O–H groups in total. The van der Waals surface area contributed by atoms with Gasteiger partial charge in [0, 0.05) is 49.6 Å². The predicted octanol–water partition coefficient (Wildman–Crippen LogP) is 6.56. The van der Waals surface area contributed by atoms with Crippen molar-refractivity contribution in [1.29, 1.82) is 0 Å². The van der Waals surface area contributed by atoms with Gasteiger partial charge in [0.15, 0.2) is 0 Å². The number of amides is 1. The standard InChI is InChI=1S/C35H36N2O4/c1-39-21-20-36-35(38)22-32(28-14-18-30(19-15-28)41-25-27-8-4-3-5-9-27)33-24-37(34-11-7-6-10-31(33)34)23-26-12-16-29(40-2)17-13-26/h3-19,24,32H,20-23,25H2,1-2H3,(H,36,38). The van der Waals surface area contributed by atoms with Gasteiger partial charge < -0.3 is 24.1 Å². The first-order valence-electron chi connectivity index (χ1n) is 13.9. The summed E-state index contributed by atoms with van der Waals surface area (Å²) in [6, 6.07) is 34.8. The van der Waals surface area contributed by atoms with Crippen LogP contribution in [0.1, 0.15) is 34.6 Å². The number of hydrogen-bond acceptors (Lipinski definition) is 4. The van der Waals surface area contributed by atoms with Gasteiger partial charge >= 0.3 is 0 Å². The topological polar surface area (TPSA) is 61.7 Å². The van der Waals surface area contributed by atoms with Crippen molar-refractivity contribution in [2.75, 3.05) is 27.4 Å². The lowest BCUT2D eigenvalue weighted by Crippen LogP contribution is -2.28. The Kier molecular flexibility index (Phi) is 9.34. The van der Waals surface area contributed by atoms with Crippen molar-refractivity contribution in [2.45, 2.75) is 25.5 Å². The van der Waals surface area contributed by atoms with Gasteiger partial charge in [-0.05, 0) is 52.6 Å². The van der Waals surface area contributed by atoms with Gasteiger partial charge in [-0.15, -0.1) is 0 Å². The molecule has 4 aromatic carbocycles. The van der Waals surface area contributed by atoms with Crippen LogP contribution >= 0.6 is 0 Å². The van der Waals surface area contributed by atoms with E-state index >= 15 is 0 Å². The molecule has 0 aliphatic carbocycles. The van der Waals surface area contributed by atoms with Gasteiger partial charge in [-0.2, -0.15) is 0 Å². The lowest BCUT2D eigenvalue weighted by Gasteiger charge is -2.18. The summed E-state index contributed by atoms with van der Waals surface area (Å²) in [6.07, 6.45) is 2.52. The summed E-state index contributed by atoms with van der Waals surface area (Å²) in [7, 11) is 3.31. The highest BCUT2D eigenvalue weighted by Gasteiger charge is 2.23. The van der Waals surface area contributed by atoms with Gasteiger partial charge in [0.25, 0.3) is 0 Å². The number of fused-ring (bicyclic) bond motifs is 1. The van der Waals surface area contributed by atoms with E-state index in [9.17, 15) is 4.79 Å². The van der Waals surface area contributed by atoms with E-state index in [0.717, 1.165) is 39.1 Å². The fourth-order valence-electron chi connectivity index (χ4n) is 5.11. The van der Waals surface area contributed by atoms with E-state index in [4.69, 9.17) is 14.2 Å². The highest BCUT2D eigenvalue weighted by molar-refractivity contribution is 5.86. The summed E-state index contributed by atoms with van der Waals surface area (Å²) in [6.45, 7) is 2.17. The van der Waals surface area contributed by atoms with Crippen LogP contribution in [0.2, 0.25) is 0 Å². The summed E-state index contributed by atoms with van der Waals surface area (Å²) in [5.41, 5.74) is 5.60. The molecule has 6 heteroatoms. The smallest absolute Gasteiger partial charge is 0.221 e. The Morgan fingerprint density at radius 2 is 1.51 bits per heavy atom. The van der Waals surface area contributed by atoms with Gasteiger partial charge in [0.05, 0.1) is 13.7 Å². The molecule has 1 atom stereocenters. The van der Waals surface area contributed by atoms with Crippen LogP contribution in [-0.2, 0) is 22.7 Å². The monoisotopic (exact) mass is 548 g/mol. The number of carbonyl (C=O) groups excluding carboxylic acids is 1. The van der Waals surface area contributed by atoms with Gasteiger partial charge in [0.1, 0.15) is 18.1 Å². The van der Waals surface area contributed by atoms with E-state index in [1.165, 1.54) is 5.56 Å². The second-order valence-electron chi connectivity index (χ2n) is 10.0. The Balaban J connectivity index is 1.45. The highest BCUT2D eigenvalue weighted by Crippen LogP contribution is 2.36. The third-order valence-electron chi connectivity index (χ3n) is 7.26. The maximum atomic E-state index is 13.1. The van der Waals surface area contributed by atoms with E-state index in [1.807, 2.05) is 54.6 Å². The number of para-hydroxylation sites is 1. The van der Waals surface area contributed by atoms with Crippen LogP contribution in [0.3, 0.4) is 0 Å². The van der Waals surface area contributed by atoms with Gasteiger partial charge in [-0.3, -0.25) is 4.79 Å². The molecule has 1 unspecified atom stereocenters. The van der Waals surface area contributed by atoms with Gasteiger partial charge in [0.2, 0.25) is 5.91 Å². The van der Waals surface area contributed by atoms with Gasteiger partial charge in [-0.25, -0.2) is 0 Å². The molecule has 5 aromatic rings. The molecule has 41 heavy (non-hydrogen) atoms. The number of hydrogen-bond donors (Lipinski definition) is 1. The van der Waals surface area contributed by atoms with Crippen molar-refractivity contribution in [3.63, 3.8) is 0 Å². The number of nitrogens with one attached hydrogen (secondary N) is 1. The maximum absolute atomic E-state index is 13.1. The molecule has 0 radical (unpaired) electrons. The van der Waals surface area contributed by atoms with Crippen LogP contribution in [0.15, 0.2) is 109 Å². The fourth-order valence-corrected chi connectivity index (χ4v) is 5.11. The average molecular weight is 549 g/mol. The minimum Gasteiger partial charge on any atom is -0.497 e. The molecule has 1 amide bonds. The number of rotatable bonds is 13. The lowest BCUT2D eigenvalue weighted by molar-refractivity contribution is -0.121. The first kappa shape index (κ1) is 28.0. The number of benzene rings is 4. The molecule has 1 heterocycles. The van der Waals surface area contributed by atoms with Crippen LogP contribution in [0.5, 0.6) is 11.5 Å². The minimum atomic E-state index is -0.136. The maximum Gasteiger partial charge on any atom is 0.221 e. The highest BCUT2D eigenvalue weighted by atomic mass is 16.5. The molecule has 1 aromatic heterocycles. The molecule has 0 saturated carbocycles. The lowest BCUT2D eigenvalue weighted by atomic mass is 9.88. The van der Waals surface area contributed by atoms with Crippen LogP contribution in [0.4, 0.5) is 0 Å². The number of methoxy groups -OCH3 is 2. The van der Waals surface area contributed by atoms with Crippen molar-refractivity contribution < 1.29 is 19.0 Å². The second kappa shape index (κ2) is 13.7. The second-order valence-corrected chi connectivity index (χ2v) is 10.0. The third kappa shape index (κ3) is 7.16. The van der Waals surface area contributed by atoms with Crippen molar-refractivity contribution >= 4 is 16.8 Å². The van der Waals surface area contributed by atoms with Crippen LogP contribution < -0.4 is 14.8 Å². The summed E-state index contributed by atoms with van der Waals surface area (Å²) in [5.74, 6) is 1.48. The summed E-state index contributed by atoms with van der Waals surface area (Å²) in [4.78, 5) is 13.1. The van der Waals surface area contributed by atoms with Crippen LogP contribution in [0, 0.1) is 0 Å². The Bertz CT molecular complexity index is 1540. The van der Waals surface area contributed by atoms with Gasteiger partial charge in [-0.1, -0.05) is 72.8 Å². The van der Waals surface area contributed by atoms with Crippen molar-refractivity contribution in [1.82, 2.24) is 9.88 Å². The summed E-state index contributed by atoms with van der Waals surface area (Å²) in [5, 5.41) is 4.14. The number of carbonyl (C=O) groups is 1. The Morgan fingerprint density at radius 1 is 0.805 bits per heavy atom. The molecular weight excluding hydrogens is 512 g/mol. The molecule has 0 aliphatic rings. The zero-order valence-electron chi connectivity index (χ0n) is 23.6. The average Bonchev–Trinajstić information content (AvgIpc) is 3.38. The van der Waals surface area contributed by atoms with Crippen molar-refractivity contribution in [2.24, 2.45) is 0 Å². The fraction of sp³-hybridized carbons (Fsp3) is 0.229. The molecule has 6 nitrogen and oxygen atoms in total. The van der Waals surface area contributed by atoms with Crippen LogP contribution in [-0.4, -0.2) is 37.8 Å². The predicted molar refractivity (Wildman–Crippen MR) is 163 cm³/mol. The molecule has 0 aliphatic heterocycles. The first-order valence-corrected chi connectivity index (χ1v) is 13.9. The number of ether oxygens (including phenoxy) is 3. The quantitative estimate of drug-likeness (QED) is 0.169. The molecule has 0 fully saturated rings. The normalized spacial score (nSPS) is 11.8. The Hall–Kier alpha value is -4.55. The summed E-state index contributed by atoms with van der Waals surface area (Å²) >= 11 is 0. The molecule has 5 rings (SSSR count). The first-order chi connectivity index (χ1) is 20.1. The zero-order chi connectivity index (χ0) is 28.4. The van der Waals surface area contributed by atoms with E-state index in [-0.39, 0.29) is 11.8 Å². The molecule has 0 saturated heterocycles. The molecule has 0 spiro atoms. The number of nitrogens with zero attached hydrogens (tertiary/aromatic N) is 1. The molecule has 0 bridgehead atoms. The van der Waals surface area contributed by atoms with E-state index in [2.05, 4.69) is 64.6 Å². The van der Waals surface area contributed by atoms with Crippen LogP contribution in [0.25, 0.3) is 10.9 Å². The Labute approximate surface area is 241 Å². The number of aromatic nitrogens is 1. The SMILES string of the molecule is COCCNC(=O)CC(c1ccc(OCc2ccccc2)cc1)c1cn(Cc2ccc(OC)cc2)c2ccccc12. The van der Waals surface area contributed by atoms with Crippen molar-refractivity contribution in [3.05, 3.63) is 132 Å². The largest absolute Gasteiger partial charge is 0.497 e. The zero-order valence-corrected chi connectivity index (χ0v) is 23.6. The molecule has 210 valence electrons. The van der Waals surface area contributed by atoms with E-state index < -0.39 is 0 Å². The third-order valence-corrected chi connectivity index (χ3v) is 7.26. The van der Waals surface area contributed by atoms with E-state index in [1.54, 1.807) is 14.2 Å².